The summed E-state index contributed by atoms with van der Waals surface area (Å²) in [4.78, 5) is 42.7. The van der Waals surface area contributed by atoms with Crippen molar-refractivity contribution in [1.82, 2.24) is 25.8 Å². The van der Waals surface area contributed by atoms with Crippen LogP contribution in [0.1, 0.15) is 46.3 Å². The number of carbonyl (C=O) groups is 3. The number of nitrogens with one attached hydrogen (secondary N) is 3. The highest BCUT2D eigenvalue weighted by atomic mass is 16.5. The first-order valence-electron chi connectivity index (χ1n) is 14.9. The lowest BCUT2D eigenvalue weighted by Crippen LogP contribution is -2.57. The lowest BCUT2D eigenvalue weighted by molar-refractivity contribution is -0.126. The van der Waals surface area contributed by atoms with E-state index in [1.807, 2.05) is 60.7 Å². The maximum absolute atomic E-state index is 13.2. The Hall–Kier alpha value is -4.63. The van der Waals surface area contributed by atoms with Crippen molar-refractivity contribution in [3.05, 3.63) is 113 Å². The minimum atomic E-state index is -0.511. The summed E-state index contributed by atoms with van der Waals surface area (Å²) in [5, 5.41) is 8.89. The monoisotopic (exact) mass is 579 g/mol. The van der Waals surface area contributed by atoms with Gasteiger partial charge in [0.25, 0.3) is 5.91 Å². The predicted molar refractivity (Wildman–Crippen MR) is 163 cm³/mol. The van der Waals surface area contributed by atoms with Crippen LogP contribution in [0.5, 0.6) is 5.75 Å². The Bertz CT molecular complexity index is 1500. The Labute approximate surface area is 251 Å². The van der Waals surface area contributed by atoms with Gasteiger partial charge in [0, 0.05) is 44.0 Å². The second-order valence-electron chi connectivity index (χ2n) is 11.5. The number of urea groups is 1. The molecule has 43 heavy (non-hydrogen) atoms. The van der Waals surface area contributed by atoms with E-state index in [2.05, 4.69) is 39.6 Å². The first-order chi connectivity index (χ1) is 20.9. The molecule has 4 amide bonds. The number of benzene rings is 3. The van der Waals surface area contributed by atoms with Gasteiger partial charge in [-0.1, -0.05) is 67.2 Å². The number of fused-ring (bicyclic) bond motifs is 1. The van der Waals surface area contributed by atoms with Crippen LogP contribution in [0.25, 0.3) is 0 Å². The number of rotatable bonds is 8. The third-order valence-corrected chi connectivity index (χ3v) is 8.40. The van der Waals surface area contributed by atoms with E-state index in [0.717, 1.165) is 30.6 Å². The van der Waals surface area contributed by atoms with Crippen molar-refractivity contribution in [1.29, 1.82) is 0 Å². The van der Waals surface area contributed by atoms with E-state index in [1.165, 1.54) is 5.56 Å². The van der Waals surface area contributed by atoms with Crippen LogP contribution in [0.4, 0.5) is 4.79 Å². The number of piperidine rings is 2. The molecule has 9 nitrogen and oxygen atoms in total. The van der Waals surface area contributed by atoms with E-state index >= 15 is 0 Å². The Morgan fingerprint density at radius 1 is 0.977 bits per heavy atom. The minimum Gasteiger partial charge on any atom is -0.487 e. The van der Waals surface area contributed by atoms with Gasteiger partial charge in [0.2, 0.25) is 5.91 Å². The van der Waals surface area contributed by atoms with Crippen LogP contribution in [0, 0.1) is 0 Å². The summed E-state index contributed by atoms with van der Waals surface area (Å²) in [5.74, 6) is 0.308. The summed E-state index contributed by atoms with van der Waals surface area (Å²) in [6.07, 6.45) is 1.64. The van der Waals surface area contributed by atoms with Crippen LogP contribution in [0.3, 0.4) is 0 Å². The zero-order chi connectivity index (χ0) is 29.8. The summed E-state index contributed by atoms with van der Waals surface area (Å²) in [6.45, 7) is 6.87. The van der Waals surface area contributed by atoms with Crippen LogP contribution < -0.4 is 20.7 Å². The van der Waals surface area contributed by atoms with Gasteiger partial charge in [-0.2, -0.15) is 0 Å². The number of amides is 4. The molecule has 0 spiro atoms. The van der Waals surface area contributed by atoms with E-state index in [9.17, 15) is 14.4 Å². The molecule has 3 heterocycles. The van der Waals surface area contributed by atoms with Gasteiger partial charge in [-0.15, -0.1) is 0 Å². The summed E-state index contributed by atoms with van der Waals surface area (Å²) < 4.78 is 6.57. The van der Waals surface area contributed by atoms with Crippen LogP contribution in [0.15, 0.2) is 91.1 Å². The number of carbonyl (C=O) groups excluding carboxylic acids is 3. The van der Waals surface area contributed by atoms with Gasteiger partial charge in [-0.25, -0.2) is 4.79 Å². The SMILES string of the molecule is C=C1CCC(N2Cc3cc(OC4CN(Cc5ccccc5)CCC4NC(=O)NCc4ccccc4)ccc3C2=O)C(=O)N1. The van der Waals surface area contributed by atoms with Gasteiger partial charge in [0.05, 0.1) is 6.04 Å². The molecule has 0 bridgehead atoms. The second-order valence-corrected chi connectivity index (χ2v) is 11.5. The third kappa shape index (κ3) is 6.73. The molecule has 3 aliphatic rings. The fourth-order valence-corrected chi connectivity index (χ4v) is 6.13. The highest BCUT2D eigenvalue weighted by Gasteiger charge is 2.39. The van der Waals surface area contributed by atoms with Gasteiger partial charge in [-0.05, 0) is 54.2 Å². The molecule has 3 aliphatic heterocycles. The number of likely N-dealkylation sites (tertiary alicyclic amines) is 1. The molecule has 0 saturated carbocycles. The third-order valence-electron chi connectivity index (χ3n) is 8.40. The van der Waals surface area contributed by atoms with Gasteiger partial charge in [0.1, 0.15) is 17.9 Å². The fraction of sp³-hybridized carbons (Fsp3) is 0.324. The number of allylic oxidation sites excluding steroid dienone is 1. The van der Waals surface area contributed by atoms with Crippen molar-refractivity contribution in [3.8, 4) is 5.75 Å². The smallest absolute Gasteiger partial charge is 0.315 e. The van der Waals surface area contributed by atoms with Crippen molar-refractivity contribution < 1.29 is 19.1 Å². The van der Waals surface area contributed by atoms with Crippen LogP contribution in [-0.4, -0.2) is 58.9 Å². The van der Waals surface area contributed by atoms with Crippen LogP contribution in [0.2, 0.25) is 0 Å². The lowest BCUT2D eigenvalue weighted by atomic mass is 10.0. The van der Waals surface area contributed by atoms with Crippen molar-refractivity contribution in [2.45, 2.75) is 57.1 Å². The quantitative estimate of drug-likeness (QED) is 0.375. The topological polar surface area (TPSA) is 103 Å². The maximum atomic E-state index is 13.2. The Morgan fingerprint density at radius 3 is 2.47 bits per heavy atom. The van der Waals surface area contributed by atoms with Gasteiger partial charge >= 0.3 is 6.03 Å². The number of hydrogen-bond acceptors (Lipinski definition) is 5. The molecule has 2 saturated heterocycles. The molecular weight excluding hydrogens is 542 g/mol. The lowest BCUT2D eigenvalue weighted by Gasteiger charge is -2.39. The number of hydrogen-bond donors (Lipinski definition) is 3. The molecular formula is C34H37N5O4. The minimum absolute atomic E-state index is 0.143. The van der Waals surface area contributed by atoms with Crippen molar-refractivity contribution in [2.75, 3.05) is 13.1 Å². The molecule has 222 valence electrons. The average molecular weight is 580 g/mol. The Kier molecular flexibility index (Phi) is 8.42. The van der Waals surface area contributed by atoms with Crippen molar-refractivity contribution in [2.24, 2.45) is 0 Å². The molecule has 3 atom stereocenters. The molecule has 2 fully saturated rings. The maximum Gasteiger partial charge on any atom is 0.315 e. The van der Waals surface area contributed by atoms with E-state index < -0.39 is 6.04 Å². The molecule has 3 N–H and O–H groups in total. The summed E-state index contributed by atoms with van der Waals surface area (Å²) in [7, 11) is 0. The average Bonchev–Trinajstić information content (AvgIpc) is 3.33. The Morgan fingerprint density at radius 2 is 1.72 bits per heavy atom. The first kappa shape index (κ1) is 28.5. The normalized spacial score (nSPS) is 22.1. The summed E-state index contributed by atoms with van der Waals surface area (Å²) >= 11 is 0. The van der Waals surface area contributed by atoms with Gasteiger partial charge in [-0.3, -0.25) is 14.5 Å². The number of ether oxygens (including phenoxy) is 1. The Balaban J connectivity index is 1.15. The summed E-state index contributed by atoms with van der Waals surface area (Å²) in [6, 6.07) is 24.7. The highest BCUT2D eigenvalue weighted by Crippen LogP contribution is 2.31. The zero-order valence-electron chi connectivity index (χ0n) is 24.1. The van der Waals surface area contributed by atoms with Gasteiger partial charge < -0.3 is 25.6 Å². The van der Waals surface area contributed by atoms with Gasteiger partial charge in [0.15, 0.2) is 0 Å². The van der Waals surface area contributed by atoms with E-state index in [4.69, 9.17) is 4.74 Å². The molecule has 3 unspecified atom stereocenters. The summed E-state index contributed by atoms with van der Waals surface area (Å²) in [5.41, 5.74) is 4.36. The molecule has 0 aromatic heterocycles. The molecule has 9 heteroatoms. The zero-order valence-corrected chi connectivity index (χ0v) is 24.1. The number of nitrogens with zero attached hydrogens (tertiary/aromatic N) is 2. The predicted octanol–water partition coefficient (Wildman–Crippen LogP) is 3.96. The molecule has 6 rings (SSSR count). The first-order valence-corrected chi connectivity index (χ1v) is 14.9. The van der Waals surface area contributed by atoms with Crippen LogP contribution in [-0.2, 0) is 24.4 Å². The fourth-order valence-electron chi connectivity index (χ4n) is 6.13. The molecule has 0 radical (unpaired) electrons. The molecule has 3 aromatic rings. The van der Waals surface area contributed by atoms with Crippen LogP contribution >= 0.6 is 0 Å². The van der Waals surface area contributed by atoms with E-state index in [1.54, 1.807) is 11.0 Å². The highest BCUT2D eigenvalue weighted by molar-refractivity contribution is 6.01. The largest absolute Gasteiger partial charge is 0.487 e. The molecule has 3 aromatic carbocycles. The molecule has 0 aliphatic carbocycles. The standard InChI is InChI=1S/C34H37N5O4/c1-23-12-15-30(32(40)36-23)39-21-26-18-27(13-14-28(26)33(39)41)43-31-22-38(20-25-10-6-3-7-11-25)17-16-29(31)37-34(42)35-19-24-8-4-2-5-9-24/h2-11,13-14,18,29-31H,1,12,15-17,19-22H2,(H,36,40)(H2,35,37,42). The van der Waals surface area contributed by atoms with Crippen molar-refractivity contribution >= 4 is 17.8 Å². The second kappa shape index (κ2) is 12.7. The van der Waals surface area contributed by atoms with Crippen molar-refractivity contribution in [3.63, 3.8) is 0 Å². The van der Waals surface area contributed by atoms with E-state index in [0.29, 0.717) is 49.5 Å². The van der Waals surface area contributed by atoms with E-state index in [-0.39, 0.29) is 30.0 Å².